The van der Waals surface area contributed by atoms with Crippen LogP contribution in [0, 0.1) is 0 Å². The van der Waals surface area contributed by atoms with E-state index in [4.69, 9.17) is 21.1 Å². The molecular weight excluding hydrogens is 424 g/mol. The second-order valence-electron chi connectivity index (χ2n) is 8.75. The number of pyridine rings is 1. The summed E-state index contributed by atoms with van der Waals surface area (Å²) in [7, 11) is -1.79. The van der Waals surface area contributed by atoms with Crippen molar-refractivity contribution in [3.05, 3.63) is 28.5 Å². The molecule has 0 bridgehead atoms. The van der Waals surface area contributed by atoms with Gasteiger partial charge in [-0.25, -0.2) is 9.97 Å². The maximum absolute atomic E-state index is 11.0. The molecule has 0 aliphatic carbocycles. The maximum Gasteiger partial charge on any atom is 0.191 e. The molecule has 0 radical (unpaired) electrons. The monoisotopic (exact) mass is 450 g/mol. The molecule has 3 aromatic heterocycles. The van der Waals surface area contributed by atoms with Gasteiger partial charge in [0.25, 0.3) is 0 Å². The predicted molar refractivity (Wildman–Crippen MR) is 122 cm³/mol. The average Bonchev–Trinajstić information content (AvgIpc) is 3.24. The third-order valence-corrected chi connectivity index (χ3v) is 11.3. The van der Waals surface area contributed by atoms with Crippen LogP contribution in [-0.2, 0) is 4.43 Å². The molecular formula is C20H27ClN4O2SSi. The summed E-state index contributed by atoms with van der Waals surface area (Å²) in [5.74, 6) is 0. The Morgan fingerprint density at radius 2 is 2.03 bits per heavy atom. The predicted octanol–water partition coefficient (Wildman–Crippen LogP) is 5.99. The number of rotatable bonds is 7. The number of aromatic nitrogens is 4. The van der Waals surface area contributed by atoms with Crippen molar-refractivity contribution in [2.24, 2.45) is 0 Å². The van der Waals surface area contributed by atoms with Gasteiger partial charge in [-0.05, 0) is 31.5 Å². The van der Waals surface area contributed by atoms with E-state index >= 15 is 0 Å². The average molecular weight is 451 g/mol. The van der Waals surface area contributed by atoms with Crippen molar-refractivity contribution >= 4 is 48.4 Å². The molecule has 156 valence electrons. The van der Waals surface area contributed by atoms with Crippen molar-refractivity contribution < 1.29 is 9.22 Å². The molecule has 0 aliphatic heterocycles. The van der Waals surface area contributed by atoms with Crippen LogP contribution in [0.4, 0.5) is 0 Å². The summed E-state index contributed by atoms with van der Waals surface area (Å²) >= 11 is 7.48. The molecule has 0 fully saturated rings. The fraction of sp³-hybridized carbons (Fsp3) is 0.500. The molecule has 29 heavy (non-hydrogen) atoms. The molecule has 9 heteroatoms. The highest BCUT2D eigenvalue weighted by Crippen LogP contribution is 2.37. The summed E-state index contributed by atoms with van der Waals surface area (Å²) in [6, 6.07) is 1.94. The number of carbonyl (C=O) groups is 1. The van der Waals surface area contributed by atoms with Gasteiger partial charge in [0.2, 0.25) is 0 Å². The maximum atomic E-state index is 11.0. The first-order valence-corrected chi connectivity index (χ1v) is 13.7. The highest BCUT2D eigenvalue weighted by Gasteiger charge is 2.37. The Labute approximate surface area is 181 Å². The molecule has 0 saturated heterocycles. The molecule has 3 heterocycles. The third kappa shape index (κ3) is 4.60. The number of halogens is 1. The van der Waals surface area contributed by atoms with Crippen LogP contribution in [0.3, 0.4) is 0 Å². The number of thiazole rings is 1. The van der Waals surface area contributed by atoms with Crippen LogP contribution in [0.15, 0.2) is 18.5 Å². The molecule has 3 aromatic rings. The Morgan fingerprint density at radius 1 is 1.31 bits per heavy atom. The van der Waals surface area contributed by atoms with Gasteiger partial charge in [-0.15, -0.1) is 11.3 Å². The standard InChI is InChI=1S/C20H27ClN4O2SSi/c1-13(7-8-27-29(5,6)20(2,3)4)25-16-9-17(21)22-11-15(16)18(24-25)19-23-10-14(12-26)28-19/h9-13H,7-8H2,1-6H3. The second-order valence-corrected chi connectivity index (χ2v) is 15.0. The van der Waals surface area contributed by atoms with Gasteiger partial charge in [0.1, 0.15) is 15.9 Å². The van der Waals surface area contributed by atoms with Gasteiger partial charge < -0.3 is 4.43 Å². The van der Waals surface area contributed by atoms with E-state index < -0.39 is 8.32 Å². The van der Waals surface area contributed by atoms with E-state index in [0.29, 0.717) is 21.6 Å². The van der Waals surface area contributed by atoms with Crippen molar-refractivity contribution in [1.29, 1.82) is 0 Å². The quantitative estimate of drug-likeness (QED) is 0.251. The van der Waals surface area contributed by atoms with Gasteiger partial charge in [0.05, 0.1) is 16.4 Å². The molecule has 0 N–H and O–H groups in total. The zero-order valence-electron chi connectivity index (χ0n) is 17.7. The summed E-state index contributed by atoms with van der Waals surface area (Å²) in [4.78, 5) is 20.2. The van der Waals surface area contributed by atoms with Crippen molar-refractivity contribution in [3.8, 4) is 10.7 Å². The summed E-state index contributed by atoms with van der Waals surface area (Å²) < 4.78 is 8.31. The van der Waals surface area contributed by atoms with Crippen LogP contribution in [-0.4, -0.2) is 41.0 Å². The fourth-order valence-corrected chi connectivity index (χ4v) is 4.72. The Balaban J connectivity index is 1.88. The van der Waals surface area contributed by atoms with Crippen LogP contribution in [0.5, 0.6) is 0 Å². The van der Waals surface area contributed by atoms with Crippen molar-refractivity contribution in [2.45, 2.75) is 58.3 Å². The van der Waals surface area contributed by atoms with Crippen LogP contribution in [0.1, 0.15) is 49.8 Å². The SMILES string of the molecule is CC(CCO[Si](C)(C)C(C)(C)C)n1nc(-c2ncc(C=O)s2)c2cnc(Cl)cc21. The first-order valence-electron chi connectivity index (χ1n) is 9.62. The van der Waals surface area contributed by atoms with Gasteiger partial charge in [-0.3, -0.25) is 9.48 Å². The van der Waals surface area contributed by atoms with E-state index in [-0.39, 0.29) is 11.1 Å². The number of nitrogens with zero attached hydrogens (tertiary/aromatic N) is 4. The fourth-order valence-electron chi connectivity index (χ4n) is 2.78. The van der Waals surface area contributed by atoms with E-state index in [2.05, 4.69) is 50.8 Å². The summed E-state index contributed by atoms with van der Waals surface area (Å²) in [5.41, 5.74) is 1.63. The van der Waals surface area contributed by atoms with E-state index in [9.17, 15) is 4.79 Å². The topological polar surface area (TPSA) is 69.9 Å². The van der Waals surface area contributed by atoms with E-state index in [1.54, 1.807) is 12.4 Å². The Hall–Kier alpha value is -1.61. The first-order chi connectivity index (χ1) is 13.5. The molecule has 0 saturated carbocycles. The summed E-state index contributed by atoms with van der Waals surface area (Å²) in [6.07, 6.45) is 4.92. The summed E-state index contributed by atoms with van der Waals surface area (Å²) in [6.45, 7) is 14.1. The molecule has 0 aromatic carbocycles. The minimum atomic E-state index is -1.79. The lowest BCUT2D eigenvalue weighted by molar-refractivity contribution is 0.112. The summed E-state index contributed by atoms with van der Waals surface area (Å²) in [5, 5.41) is 6.99. The number of fused-ring (bicyclic) bond motifs is 1. The molecule has 0 spiro atoms. The smallest absolute Gasteiger partial charge is 0.191 e. The van der Waals surface area contributed by atoms with Gasteiger partial charge >= 0.3 is 0 Å². The molecule has 0 aliphatic rings. The lowest BCUT2D eigenvalue weighted by atomic mass is 10.2. The molecule has 1 atom stereocenters. The van der Waals surface area contributed by atoms with Crippen molar-refractivity contribution in [3.63, 3.8) is 0 Å². The Morgan fingerprint density at radius 3 is 2.66 bits per heavy atom. The number of hydrogen-bond donors (Lipinski definition) is 0. The van der Waals surface area contributed by atoms with E-state index in [0.717, 1.165) is 29.3 Å². The minimum absolute atomic E-state index is 0.111. The van der Waals surface area contributed by atoms with Gasteiger partial charge in [-0.1, -0.05) is 32.4 Å². The molecule has 3 rings (SSSR count). The largest absolute Gasteiger partial charge is 0.417 e. The van der Waals surface area contributed by atoms with E-state index in [1.165, 1.54) is 11.3 Å². The Bertz CT molecular complexity index is 1030. The molecule has 1 unspecified atom stereocenters. The van der Waals surface area contributed by atoms with Crippen molar-refractivity contribution in [1.82, 2.24) is 19.7 Å². The zero-order chi connectivity index (χ0) is 21.4. The van der Waals surface area contributed by atoms with Crippen LogP contribution in [0.2, 0.25) is 23.3 Å². The zero-order valence-corrected chi connectivity index (χ0v) is 20.3. The third-order valence-electron chi connectivity index (χ3n) is 5.62. The van der Waals surface area contributed by atoms with Crippen molar-refractivity contribution in [2.75, 3.05) is 6.61 Å². The second kappa shape index (κ2) is 8.26. The number of carbonyl (C=O) groups excluding carboxylic acids is 1. The lowest BCUT2D eigenvalue weighted by Gasteiger charge is -2.36. The highest BCUT2D eigenvalue weighted by atomic mass is 35.5. The Kier molecular flexibility index (Phi) is 6.29. The lowest BCUT2D eigenvalue weighted by Crippen LogP contribution is -2.41. The normalized spacial score (nSPS) is 13.8. The van der Waals surface area contributed by atoms with Gasteiger partial charge in [-0.2, -0.15) is 5.10 Å². The molecule has 0 amide bonds. The van der Waals surface area contributed by atoms with Gasteiger partial charge in [0, 0.05) is 30.5 Å². The minimum Gasteiger partial charge on any atom is -0.417 e. The van der Waals surface area contributed by atoms with Crippen LogP contribution >= 0.6 is 22.9 Å². The molecule has 6 nitrogen and oxygen atoms in total. The van der Waals surface area contributed by atoms with Crippen LogP contribution in [0.25, 0.3) is 21.6 Å². The number of aldehydes is 1. The first kappa shape index (κ1) is 22.1. The number of hydrogen-bond acceptors (Lipinski definition) is 6. The highest BCUT2D eigenvalue weighted by molar-refractivity contribution is 7.16. The van der Waals surface area contributed by atoms with E-state index in [1.807, 2.05) is 10.7 Å². The van der Waals surface area contributed by atoms with Gasteiger partial charge in [0.15, 0.2) is 14.6 Å². The van der Waals surface area contributed by atoms with Crippen LogP contribution < -0.4 is 0 Å².